The van der Waals surface area contributed by atoms with Crippen LogP contribution in [0.5, 0.6) is 11.6 Å². The number of thioether (sulfide) groups is 1. The Hall–Kier alpha value is -3.66. The maximum absolute atomic E-state index is 6.39. The third-order valence-corrected chi connectivity index (χ3v) is 7.03. The summed E-state index contributed by atoms with van der Waals surface area (Å²) in [6, 6.07) is 20.1. The van der Waals surface area contributed by atoms with Crippen LogP contribution in [0.1, 0.15) is 0 Å². The van der Waals surface area contributed by atoms with Crippen molar-refractivity contribution in [3.8, 4) is 22.9 Å². The molecule has 4 aromatic rings. The third kappa shape index (κ3) is 4.41. The first-order valence-corrected chi connectivity index (χ1v) is 12.3. The van der Waals surface area contributed by atoms with Crippen molar-refractivity contribution >= 4 is 29.0 Å². The van der Waals surface area contributed by atoms with E-state index in [1.54, 1.807) is 24.2 Å². The number of nitrogens with two attached hydrogens (primary N) is 1. The highest BCUT2D eigenvalue weighted by Crippen LogP contribution is 2.45. The van der Waals surface area contributed by atoms with Gasteiger partial charge in [-0.2, -0.15) is 0 Å². The van der Waals surface area contributed by atoms with Gasteiger partial charge in [0.1, 0.15) is 22.8 Å². The monoisotopic (exact) mass is 484 g/mol. The maximum atomic E-state index is 6.39. The summed E-state index contributed by atoms with van der Waals surface area (Å²) in [6.07, 6.45) is 5.10. The smallest absolute Gasteiger partial charge is 0.246 e. The predicted molar refractivity (Wildman–Crippen MR) is 137 cm³/mol. The molecule has 2 aromatic carbocycles. The Morgan fingerprint density at radius 1 is 0.914 bits per heavy atom. The standard InChI is InChI=1S/C26H24N6O2S/c27-26-32(21-3-1-2-4-22(21)35-26)19-6-8-20(9-7-19)34-25-24(28-11-12-29-25)18-5-10-23(30-17-18)31-13-15-33-16-14-31/h1-12,17,26H,13-16,27H2. The summed E-state index contributed by atoms with van der Waals surface area (Å²) in [7, 11) is 0. The number of ether oxygens (including phenoxy) is 2. The summed E-state index contributed by atoms with van der Waals surface area (Å²) in [4.78, 5) is 19.1. The van der Waals surface area contributed by atoms with E-state index in [1.807, 2.05) is 54.7 Å². The molecule has 1 unspecified atom stereocenters. The summed E-state index contributed by atoms with van der Waals surface area (Å²) < 4.78 is 11.6. The predicted octanol–water partition coefficient (Wildman–Crippen LogP) is 4.65. The number of hydrogen-bond acceptors (Lipinski definition) is 9. The zero-order valence-electron chi connectivity index (χ0n) is 18.9. The molecule has 0 radical (unpaired) electrons. The van der Waals surface area contributed by atoms with Crippen LogP contribution in [-0.2, 0) is 4.74 Å². The van der Waals surface area contributed by atoms with Gasteiger partial charge in [-0.25, -0.2) is 15.0 Å². The van der Waals surface area contributed by atoms with Crippen LogP contribution in [0.3, 0.4) is 0 Å². The fraction of sp³-hybridized carbons (Fsp3) is 0.192. The molecule has 2 aromatic heterocycles. The van der Waals surface area contributed by atoms with E-state index in [4.69, 9.17) is 15.2 Å². The first-order chi connectivity index (χ1) is 17.3. The zero-order valence-corrected chi connectivity index (χ0v) is 19.8. The Balaban J connectivity index is 1.21. The van der Waals surface area contributed by atoms with Crippen LogP contribution in [0.25, 0.3) is 11.3 Å². The van der Waals surface area contributed by atoms with Crippen LogP contribution < -0.4 is 20.3 Å². The highest BCUT2D eigenvalue weighted by molar-refractivity contribution is 8.00. The minimum atomic E-state index is -0.168. The van der Waals surface area contributed by atoms with Crippen molar-refractivity contribution in [2.75, 3.05) is 36.1 Å². The summed E-state index contributed by atoms with van der Waals surface area (Å²) in [5.74, 6) is 2.03. The molecule has 0 saturated carbocycles. The topological polar surface area (TPSA) is 89.6 Å². The summed E-state index contributed by atoms with van der Waals surface area (Å²) in [6.45, 7) is 3.13. The molecule has 0 amide bonds. The first-order valence-electron chi connectivity index (χ1n) is 11.4. The lowest BCUT2D eigenvalue weighted by atomic mass is 10.2. The molecule has 2 aliphatic heterocycles. The van der Waals surface area contributed by atoms with Crippen molar-refractivity contribution in [1.82, 2.24) is 15.0 Å². The molecule has 1 atom stereocenters. The first kappa shape index (κ1) is 21.8. The molecule has 1 saturated heterocycles. The van der Waals surface area contributed by atoms with Crippen LogP contribution in [0.15, 0.2) is 84.1 Å². The maximum Gasteiger partial charge on any atom is 0.246 e. The van der Waals surface area contributed by atoms with E-state index in [1.165, 1.54) is 4.90 Å². The van der Waals surface area contributed by atoms with Gasteiger partial charge in [-0.1, -0.05) is 23.9 Å². The molecule has 9 heteroatoms. The van der Waals surface area contributed by atoms with E-state index in [-0.39, 0.29) is 5.50 Å². The molecule has 0 spiro atoms. The Morgan fingerprint density at radius 3 is 2.51 bits per heavy atom. The van der Waals surface area contributed by atoms with E-state index in [9.17, 15) is 0 Å². The lowest BCUT2D eigenvalue weighted by molar-refractivity contribution is 0.122. The van der Waals surface area contributed by atoms with E-state index in [0.29, 0.717) is 17.3 Å². The number of benzene rings is 2. The van der Waals surface area contributed by atoms with Crippen LogP contribution in [0, 0.1) is 0 Å². The lowest BCUT2D eigenvalue weighted by Gasteiger charge is -2.27. The Morgan fingerprint density at radius 2 is 1.71 bits per heavy atom. The largest absolute Gasteiger partial charge is 0.437 e. The average molecular weight is 485 g/mol. The van der Waals surface area contributed by atoms with Crippen molar-refractivity contribution in [3.63, 3.8) is 0 Å². The summed E-state index contributed by atoms with van der Waals surface area (Å²) >= 11 is 1.65. The van der Waals surface area contributed by atoms with Gasteiger partial charge in [-0.15, -0.1) is 0 Å². The van der Waals surface area contributed by atoms with E-state index < -0.39 is 0 Å². The van der Waals surface area contributed by atoms with Crippen LogP contribution in [0.4, 0.5) is 17.2 Å². The van der Waals surface area contributed by atoms with Gasteiger partial charge in [-0.05, 0) is 48.5 Å². The molecule has 0 bridgehead atoms. The quantitative estimate of drug-likeness (QED) is 0.435. The second kappa shape index (κ2) is 9.53. The van der Waals surface area contributed by atoms with Gasteiger partial charge in [0.25, 0.3) is 0 Å². The Labute approximate surface area is 207 Å². The van der Waals surface area contributed by atoms with Gasteiger partial charge >= 0.3 is 0 Å². The number of morpholine rings is 1. The fourth-order valence-corrected chi connectivity index (χ4v) is 5.30. The number of aromatic nitrogens is 3. The van der Waals surface area contributed by atoms with Gasteiger partial charge in [0, 0.05) is 47.8 Å². The van der Waals surface area contributed by atoms with Gasteiger partial charge in [-0.3, -0.25) is 0 Å². The van der Waals surface area contributed by atoms with Crippen LogP contribution in [0.2, 0.25) is 0 Å². The van der Waals surface area contributed by atoms with Gasteiger partial charge in [0.2, 0.25) is 5.88 Å². The SMILES string of the molecule is NC1Sc2ccccc2N1c1ccc(Oc2nccnc2-c2ccc(N3CCOCC3)nc2)cc1. The summed E-state index contributed by atoms with van der Waals surface area (Å²) in [5.41, 5.74) is 9.83. The van der Waals surface area contributed by atoms with Crippen LogP contribution in [-0.4, -0.2) is 46.8 Å². The highest BCUT2D eigenvalue weighted by atomic mass is 32.2. The van der Waals surface area contributed by atoms with E-state index in [0.717, 1.165) is 49.1 Å². The fourth-order valence-electron chi connectivity index (χ4n) is 4.25. The molecular weight excluding hydrogens is 460 g/mol. The second-order valence-corrected chi connectivity index (χ2v) is 9.32. The number of fused-ring (bicyclic) bond motifs is 1. The molecule has 2 N–H and O–H groups in total. The normalized spacial score (nSPS) is 17.3. The lowest BCUT2D eigenvalue weighted by Crippen LogP contribution is -2.36. The number of nitrogens with zero attached hydrogens (tertiary/aromatic N) is 5. The molecule has 176 valence electrons. The Bertz CT molecular complexity index is 1310. The van der Waals surface area contributed by atoms with Crippen molar-refractivity contribution in [2.24, 2.45) is 5.73 Å². The number of pyridine rings is 1. The molecule has 2 aliphatic rings. The molecule has 0 aliphatic carbocycles. The minimum absolute atomic E-state index is 0.168. The van der Waals surface area contributed by atoms with Gasteiger partial charge in [0.05, 0.1) is 18.9 Å². The number of anilines is 3. The third-order valence-electron chi connectivity index (χ3n) is 5.98. The molecule has 4 heterocycles. The van der Waals surface area contributed by atoms with Crippen molar-refractivity contribution < 1.29 is 9.47 Å². The van der Waals surface area contributed by atoms with E-state index >= 15 is 0 Å². The van der Waals surface area contributed by atoms with E-state index in [2.05, 4.69) is 36.9 Å². The molecule has 1 fully saturated rings. The minimum Gasteiger partial charge on any atom is -0.437 e. The van der Waals surface area contributed by atoms with Crippen molar-refractivity contribution in [2.45, 2.75) is 10.4 Å². The molecule has 6 rings (SSSR count). The molecule has 35 heavy (non-hydrogen) atoms. The van der Waals surface area contributed by atoms with Gasteiger partial charge < -0.3 is 25.0 Å². The number of rotatable bonds is 5. The van der Waals surface area contributed by atoms with Gasteiger partial charge in [0.15, 0.2) is 0 Å². The zero-order chi connectivity index (χ0) is 23.6. The molecule has 8 nitrogen and oxygen atoms in total. The van der Waals surface area contributed by atoms with Crippen molar-refractivity contribution in [3.05, 3.63) is 79.3 Å². The second-order valence-electron chi connectivity index (χ2n) is 8.16. The van der Waals surface area contributed by atoms with Crippen molar-refractivity contribution in [1.29, 1.82) is 0 Å². The highest BCUT2D eigenvalue weighted by Gasteiger charge is 2.28. The molecular formula is C26H24N6O2S. The Kier molecular flexibility index (Phi) is 5.95. The number of hydrogen-bond donors (Lipinski definition) is 1. The number of para-hydroxylation sites is 1. The van der Waals surface area contributed by atoms with Crippen LogP contribution >= 0.6 is 11.8 Å². The average Bonchev–Trinajstić information content (AvgIpc) is 3.26. The summed E-state index contributed by atoms with van der Waals surface area (Å²) in [5, 5.41) is 0.